The number of rotatable bonds is 10. The maximum Gasteiger partial charge on any atom is 0.325 e. The summed E-state index contributed by atoms with van der Waals surface area (Å²) in [6.07, 6.45) is 2.86. The molecule has 1 saturated heterocycles. The molecule has 0 aliphatic carbocycles. The highest BCUT2D eigenvalue weighted by molar-refractivity contribution is 6.02. The number of anilines is 2. The molecule has 1 heterocycles. The first-order valence-corrected chi connectivity index (χ1v) is 10.8. The van der Waals surface area contributed by atoms with Crippen molar-refractivity contribution in [2.24, 2.45) is 5.92 Å². The minimum Gasteiger partial charge on any atom is -0.465 e. The van der Waals surface area contributed by atoms with Gasteiger partial charge in [0, 0.05) is 44.7 Å². The van der Waals surface area contributed by atoms with E-state index in [0.29, 0.717) is 36.7 Å². The molecule has 9 heteroatoms. The summed E-state index contributed by atoms with van der Waals surface area (Å²) in [5, 5.41) is 8.04. The summed E-state index contributed by atoms with van der Waals surface area (Å²) in [6, 6.07) is 4.75. The van der Waals surface area contributed by atoms with Crippen molar-refractivity contribution in [3.05, 3.63) is 23.8 Å². The lowest BCUT2D eigenvalue weighted by atomic mass is 9.98. The molecule has 1 aliphatic rings. The van der Waals surface area contributed by atoms with E-state index in [9.17, 15) is 14.4 Å². The molecule has 1 aromatic carbocycles. The Morgan fingerprint density at radius 2 is 1.90 bits per heavy atom. The van der Waals surface area contributed by atoms with Gasteiger partial charge >= 0.3 is 12.0 Å². The van der Waals surface area contributed by atoms with Crippen molar-refractivity contribution < 1.29 is 23.9 Å². The second-order valence-corrected chi connectivity index (χ2v) is 7.62. The summed E-state index contributed by atoms with van der Waals surface area (Å²) in [5.74, 6) is -0.0321. The zero-order valence-electron chi connectivity index (χ0n) is 18.7. The lowest BCUT2D eigenvalue weighted by Gasteiger charge is -2.33. The molecule has 0 atom stereocenters. The number of nitrogens with zero attached hydrogens (tertiary/aromatic N) is 1. The van der Waals surface area contributed by atoms with Crippen LogP contribution in [0.3, 0.4) is 0 Å². The summed E-state index contributed by atoms with van der Waals surface area (Å²) < 4.78 is 9.82. The minimum atomic E-state index is -0.543. The number of amides is 3. The maximum atomic E-state index is 12.9. The third-order valence-electron chi connectivity index (χ3n) is 5.13. The highest BCUT2D eigenvalue weighted by atomic mass is 16.5. The van der Waals surface area contributed by atoms with Gasteiger partial charge in [-0.2, -0.15) is 0 Å². The molecule has 31 heavy (non-hydrogen) atoms. The molecule has 0 unspecified atom stereocenters. The van der Waals surface area contributed by atoms with Crippen LogP contribution in [0.15, 0.2) is 18.2 Å². The number of nitrogens with one attached hydrogen (secondary N) is 3. The minimum absolute atomic E-state index is 0.194. The molecule has 0 radical (unpaired) electrons. The molecule has 1 aliphatic heterocycles. The van der Waals surface area contributed by atoms with Crippen LogP contribution in [0.4, 0.5) is 16.2 Å². The zero-order valence-corrected chi connectivity index (χ0v) is 18.7. The van der Waals surface area contributed by atoms with E-state index in [-0.39, 0.29) is 19.1 Å². The Labute approximate surface area is 183 Å². The topological polar surface area (TPSA) is 109 Å². The monoisotopic (exact) mass is 434 g/mol. The van der Waals surface area contributed by atoms with E-state index >= 15 is 0 Å². The fraction of sp³-hybridized carbons (Fsp3) is 0.591. The third kappa shape index (κ3) is 8.09. The van der Waals surface area contributed by atoms with Gasteiger partial charge in [0.25, 0.3) is 5.91 Å². The lowest BCUT2D eigenvalue weighted by Crippen LogP contribution is -2.36. The van der Waals surface area contributed by atoms with Crippen molar-refractivity contribution >= 4 is 29.3 Å². The average Bonchev–Trinajstić information content (AvgIpc) is 2.76. The lowest BCUT2D eigenvalue weighted by molar-refractivity contribution is -0.141. The summed E-state index contributed by atoms with van der Waals surface area (Å²) in [4.78, 5) is 38.6. The zero-order chi connectivity index (χ0) is 22.6. The third-order valence-corrected chi connectivity index (χ3v) is 5.13. The Hall–Kier alpha value is -2.81. The van der Waals surface area contributed by atoms with Gasteiger partial charge in [-0.3, -0.25) is 9.59 Å². The van der Waals surface area contributed by atoms with E-state index in [0.717, 1.165) is 31.6 Å². The van der Waals surface area contributed by atoms with Gasteiger partial charge in [0.1, 0.15) is 6.54 Å². The summed E-state index contributed by atoms with van der Waals surface area (Å²) >= 11 is 0. The molecule has 2 rings (SSSR count). The van der Waals surface area contributed by atoms with Crippen molar-refractivity contribution in [1.82, 2.24) is 10.6 Å². The number of ether oxygens (including phenoxy) is 2. The molecule has 1 fully saturated rings. The van der Waals surface area contributed by atoms with Crippen LogP contribution in [0.2, 0.25) is 0 Å². The molecule has 0 saturated carbocycles. The molecular weight excluding hydrogens is 400 g/mol. The predicted molar refractivity (Wildman–Crippen MR) is 120 cm³/mol. The van der Waals surface area contributed by atoms with Crippen LogP contribution >= 0.6 is 0 Å². The first-order chi connectivity index (χ1) is 14.9. The van der Waals surface area contributed by atoms with Gasteiger partial charge in [-0.15, -0.1) is 0 Å². The summed E-state index contributed by atoms with van der Waals surface area (Å²) in [7, 11) is 1.62. The molecular formula is C22H34N4O5. The van der Waals surface area contributed by atoms with Crippen LogP contribution in [-0.4, -0.2) is 64.4 Å². The largest absolute Gasteiger partial charge is 0.465 e. The predicted octanol–water partition coefficient (Wildman–Crippen LogP) is 2.37. The number of methoxy groups -OCH3 is 1. The van der Waals surface area contributed by atoms with E-state index in [2.05, 4.69) is 27.8 Å². The molecule has 3 amide bonds. The standard InChI is InChI=1S/C22H34N4O5/c1-4-31-20(27)15-24-22(29)25-17-6-7-19(26-11-8-16(2)9-12-26)18(14-17)21(28)23-10-5-13-30-3/h6-7,14,16H,4-5,8-13,15H2,1-3H3,(H,23,28)(H2,24,25,29). The second kappa shape index (κ2) is 12.8. The van der Waals surface area contributed by atoms with E-state index in [1.54, 1.807) is 26.2 Å². The Morgan fingerprint density at radius 3 is 2.58 bits per heavy atom. The van der Waals surface area contributed by atoms with Gasteiger partial charge in [-0.25, -0.2) is 4.79 Å². The summed E-state index contributed by atoms with van der Waals surface area (Å²) in [6.45, 7) is 6.81. The Kier molecular flexibility index (Phi) is 10.1. The fourth-order valence-electron chi connectivity index (χ4n) is 3.37. The number of urea groups is 1. The number of hydrogen-bond acceptors (Lipinski definition) is 6. The Balaban J connectivity index is 2.10. The van der Waals surface area contributed by atoms with Crippen molar-refractivity contribution in [2.45, 2.75) is 33.1 Å². The molecule has 9 nitrogen and oxygen atoms in total. The molecule has 0 bridgehead atoms. The van der Waals surface area contributed by atoms with Crippen molar-refractivity contribution in [3.63, 3.8) is 0 Å². The quantitative estimate of drug-likeness (QED) is 0.385. The van der Waals surface area contributed by atoms with Gasteiger partial charge in [-0.1, -0.05) is 6.92 Å². The number of esters is 1. The second-order valence-electron chi connectivity index (χ2n) is 7.62. The van der Waals surface area contributed by atoms with Crippen LogP contribution in [-0.2, 0) is 14.3 Å². The SMILES string of the molecule is CCOC(=O)CNC(=O)Nc1ccc(N2CCC(C)CC2)c(C(=O)NCCCOC)c1. The highest BCUT2D eigenvalue weighted by Gasteiger charge is 2.22. The van der Waals surface area contributed by atoms with E-state index < -0.39 is 12.0 Å². The van der Waals surface area contributed by atoms with E-state index in [4.69, 9.17) is 9.47 Å². The summed E-state index contributed by atoms with van der Waals surface area (Å²) in [5.41, 5.74) is 1.83. The molecule has 0 spiro atoms. The smallest absolute Gasteiger partial charge is 0.325 e. The van der Waals surface area contributed by atoms with Crippen LogP contribution in [0.25, 0.3) is 0 Å². The number of piperidine rings is 1. The number of carbonyl (C=O) groups excluding carboxylic acids is 3. The number of carbonyl (C=O) groups is 3. The molecule has 172 valence electrons. The van der Waals surface area contributed by atoms with Crippen LogP contribution < -0.4 is 20.9 Å². The molecule has 3 N–H and O–H groups in total. The van der Waals surface area contributed by atoms with Gasteiger partial charge in [0.05, 0.1) is 12.2 Å². The number of hydrogen-bond donors (Lipinski definition) is 3. The maximum absolute atomic E-state index is 12.9. The average molecular weight is 435 g/mol. The van der Waals surface area contributed by atoms with E-state index in [1.165, 1.54) is 0 Å². The molecule has 1 aromatic rings. The van der Waals surface area contributed by atoms with Gasteiger partial charge in [-0.05, 0) is 50.3 Å². The van der Waals surface area contributed by atoms with Crippen LogP contribution in [0.5, 0.6) is 0 Å². The molecule has 0 aromatic heterocycles. The van der Waals surface area contributed by atoms with Crippen LogP contribution in [0, 0.1) is 5.92 Å². The van der Waals surface area contributed by atoms with E-state index in [1.807, 2.05) is 6.07 Å². The fourth-order valence-corrected chi connectivity index (χ4v) is 3.37. The number of benzene rings is 1. The van der Waals surface area contributed by atoms with Gasteiger partial charge in [0.15, 0.2) is 0 Å². The van der Waals surface area contributed by atoms with Crippen molar-refractivity contribution in [3.8, 4) is 0 Å². The van der Waals surface area contributed by atoms with Crippen LogP contribution in [0.1, 0.15) is 43.5 Å². The first-order valence-electron chi connectivity index (χ1n) is 10.8. The highest BCUT2D eigenvalue weighted by Crippen LogP contribution is 2.28. The Bertz CT molecular complexity index is 747. The Morgan fingerprint density at radius 1 is 1.16 bits per heavy atom. The van der Waals surface area contributed by atoms with Crippen molar-refractivity contribution in [2.75, 3.05) is 56.7 Å². The first kappa shape index (κ1) is 24.5. The van der Waals surface area contributed by atoms with Crippen molar-refractivity contribution in [1.29, 1.82) is 0 Å². The van der Waals surface area contributed by atoms with Gasteiger partial charge < -0.3 is 30.3 Å². The van der Waals surface area contributed by atoms with Gasteiger partial charge in [0.2, 0.25) is 0 Å². The normalized spacial score (nSPS) is 14.1.